The second-order valence-electron chi connectivity index (χ2n) is 4.57. The van der Waals surface area contributed by atoms with E-state index in [9.17, 15) is 5.11 Å². The molecule has 2 N–H and O–H groups in total. The van der Waals surface area contributed by atoms with E-state index in [-0.39, 0.29) is 5.60 Å². The van der Waals surface area contributed by atoms with Crippen LogP contribution in [0.1, 0.15) is 24.0 Å². The van der Waals surface area contributed by atoms with E-state index in [0.717, 1.165) is 32.2 Å². The maximum atomic E-state index is 9.84. The van der Waals surface area contributed by atoms with Gasteiger partial charge in [-0.25, -0.2) is 0 Å². The first-order valence-electron chi connectivity index (χ1n) is 5.67. The lowest BCUT2D eigenvalue weighted by atomic mass is 10.0. The van der Waals surface area contributed by atoms with Crippen molar-refractivity contribution in [3.05, 3.63) is 35.4 Å². The lowest BCUT2D eigenvalue weighted by Gasteiger charge is -2.09. The summed E-state index contributed by atoms with van der Waals surface area (Å²) in [7, 11) is 1.97. The van der Waals surface area contributed by atoms with Crippen LogP contribution in [0.25, 0.3) is 0 Å². The molecular weight excluding hydrogens is 186 g/mol. The summed E-state index contributed by atoms with van der Waals surface area (Å²) in [6, 6.07) is 8.57. The number of aliphatic hydroxyl groups is 1. The van der Waals surface area contributed by atoms with Crippen LogP contribution in [0, 0.1) is 0 Å². The van der Waals surface area contributed by atoms with Crippen LogP contribution < -0.4 is 5.32 Å². The fourth-order valence-corrected chi connectivity index (χ4v) is 1.87. The standard InChI is InChI=1S/C13H19NO/c1-14-8-5-11-3-2-4-12(9-11)10-13(15)6-7-13/h2-4,9,14-15H,5-8,10H2,1H3. The number of likely N-dealkylation sites (N-methyl/N-ethyl adjacent to an activating group) is 1. The maximum absolute atomic E-state index is 9.84. The molecule has 0 atom stereocenters. The molecule has 1 fully saturated rings. The zero-order chi connectivity index (χ0) is 10.7. The van der Waals surface area contributed by atoms with E-state index in [4.69, 9.17) is 0 Å². The van der Waals surface area contributed by atoms with E-state index in [1.54, 1.807) is 0 Å². The fraction of sp³-hybridized carbons (Fsp3) is 0.538. The predicted molar refractivity (Wildman–Crippen MR) is 62.0 cm³/mol. The highest BCUT2D eigenvalue weighted by Crippen LogP contribution is 2.38. The molecule has 2 rings (SSSR count). The largest absolute Gasteiger partial charge is 0.390 e. The van der Waals surface area contributed by atoms with Gasteiger partial charge in [0.2, 0.25) is 0 Å². The zero-order valence-corrected chi connectivity index (χ0v) is 9.29. The van der Waals surface area contributed by atoms with Crippen molar-refractivity contribution in [1.82, 2.24) is 5.32 Å². The third kappa shape index (κ3) is 3.05. The van der Waals surface area contributed by atoms with Gasteiger partial charge in [0.1, 0.15) is 0 Å². The highest BCUT2D eigenvalue weighted by Gasteiger charge is 2.39. The summed E-state index contributed by atoms with van der Waals surface area (Å²) in [6.45, 7) is 1.01. The van der Waals surface area contributed by atoms with Crippen molar-refractivity contribution >= 4 is 0 Å². The Balaban J connectivity index is 1.98. The highest BCUT2D eigenvalue weighted by atomic mass is 16.3. The zero-order valence-electron chi connectivity index (χ0n) is 9.29. The van der Waals surface area contributed by atoms with Gasteiger partial charge in [-0.1, -0.05) is 24.3 Å². The van der Waals surface area contributed by atoms with Crippen molar-refractivity contribution in [2.75, 3.05) is 13.6 Å². The maximum Gasteiger partial charge on any atom is 0.0690 e. The number of hydrogen-bond acceptors (Lipinski definition) is 2. The molecule has 0 aliphatic heterocycles. The van der Waals surface area contributed by atoms with Crippen LogP contribution in [-0.2, 0) is 12.8 Å². The van der Waals surface area contributed by atoms with Crippen LogP contribution in [0.4, 0.5) is 0 Å². The van der Waals surface area contributed by atoms with Crippen molar-refractivity contribution < 1.29 is 5.11 Å². The Morgan fingerprint density at radius 3 is 2.73 bits per heavy atom. The van der Waals surface area contributed by atoms with Gasteiger partial charge in [-0.05, 0) is 44.0 Å². The van der Waals surface area contributed by atoms with Gasteiger partial charge in [0, 0.05) is 6.42 Å². The lowest BCUT2D eigenvalue weighted by Crippen LogP contribution is -2.12. The molecule has 0 saturated heterocycles. The third-order valence-corrected chi connectivity index (χ3v) is 3.02. The number of hydrogen-bond donors (Lipinski definition) is 2. The summed E-state index contributed by atoms with van der Waals surface area (Å²) in [5.74, 6) is 0. The first-order chi connectivity index (χ1) is 7.22. The van der Waals surface area contributed by atoms with E-state index in [1.807, 2.05) is 7.05 Å². The molecule has 0 bridgehead atoms. The van der Waals surface area contributed by atoms with Gasteiger partial charge < -0.3 is 10.4 Å². The molecule has 1 aliphatic rings. The normalized spacial score (nSPS) is 17.7. The van der Waals surface area contributed by atoms with Crippen molar-refractivity contribution in [2.24, 2.45) is 0 Å². The van der Waals surface area contributed by atoms with Gasteiger partial charge in [0.05, 0.1) is 5.60 Å². The van der Waals surface area contributed by atoms with Gasteiger partial charge in [-0.2, -0.15) is 0 Å². The number of nitrogens with one attached hydrogen (secondary N) is 1. The minimum absolute atomic E-state index is 0.373. The number of benzene rings is 1. The Kier molecular flexibility index (Phi) is 3.08. The third-order valence-electron chi connectivity index (χ3n) is 3.02. The summed E-state index contributed by atoms with van der Waals surface area (Å²) in [5.41, 5.74) is 2.25. The first-order valence-corrected chi connectivity index (χ1v) is 5.67. The molecule has 1 aromatic rings. The molecule has 1 aliphatic carbocycles. The molecular formula is C13H19NO. The molecule has 1 saturated carbocycles. The minimum Gasteiger partial charge on any atom is -0.390 e. The summed E-state index contributed by atoms with van der Waals surface area (Å²) in [5, 5.41) is 13.0. The summed E-state index contributed by atoms with van der Waals surface area (Å²) < 4.78 is 0. The Morgan fingerprint density at radius 1 is 1.33 bits per heavy atom. The van der Waals surface area contributed by atoms with E-state index in [0.29, 0.717) is 0 Å². The molecule has 0 spiro atoms. The highest BCUT2D eigenvalue weighted by molar-refractivity contribution is 5.26. The van der Waals surface area contributed by atoms with Crippen LogP contribution in [0.15, 0.2) is 24.3 Å². The average Bonchev–Trinajstić information content (AvgIpc) is 2.93. The Labute approximate surface area is 91.3 Å². The van der Waals surface area contributed by atoms with Crippen molar-refractivity contribution in [3.63, 3.8) is 0 Å². The van der Waals surface area contributed by atoms with Crippen molar-refractivity contribution in [1.29, 1.82) is 0 Å². The quantitative estimate of drug-likeness (QED) is 0.764. The Bertz CT molecular complexity index is 331. The van der Waals surface area contributed by atoms with Gasteiger partial charge in [-0.3, -0.25) is 0 Å². The van der Waals surface area contributed by atoms with Crippen LogP contribution in [-0.4, -0.2) is 24.3 Å². The van der Waals surface area contributed by atoms with Crippen LogP contribution >= 0.6 is 0 Å². The summed E-state index contributed by atoms with van der Waals surface area (Å²) >= 11 is 0. The average molecular weight is 205 g/mol. The molecule has 2 nitrogen and oxygen atoms in total. The van der Waals surface area contributed by atoms with Gasteiger partial charge >= 0.3 is 0 Å². The van der Waals surface area contributed by atoms with Crippen LogP contribution in [0.5, 0.6) is 0 Å². The smallest absolute Gasteiger partial charge is 0.0690 e. The molecule has 15 heavy (non-hydrogen) atoms. The van der Waals surface area contributed by atoms with E-state index in [1.165, 1.54) is 11.1 Å². The topological polar surface area (TPSA) is 32.3 Å². The second-order valence-corrected chi connectivity index (χ2v) is 4.57. The molecule has 0 aromatic heterocycles. The molecule has 0 radical (unpaired) electrons. The molecule has 82 valence electrons. The van der Waals surface area contributed by atoms with Crippen molar-refractivity contribution in [2.45, 2.75) is 31.3 Å². The molecule has 1 aromatic carbocycles. The molecule has 2 heteroatoms. The summed E-state index contributed by atoms with van der Waals surface area (Å²) in [6.07, 6.45) is 3.81. The second kappa shape index (κ2) is 4.33. The van der Waals surface area contributed by atoms with E-state index < -0.39 is 0 Å². The van der Waals surface area contributed by atoms with E-state index >= 15 is 0 Å². The SMILES string of the molecule is CNCCc1cccc(CC2(O)CC2)c1. The first kappa shape index (κ1) is 10.7. The number of rotatable bonds is 5. The molecule has 0 amide bonds. The van der Waals surface area contributed by atoms with Crippen LogP contribution in [0.3, 0.4) is 0 Å². The Hall–Kier alpha value is -0.860. The summed E-state index contributed by atoms with van der Waals surface area (Å²) in [4.78, 5) is 0. The van der Waals surface area contributed by atoms with Gasteiger partial charge in [0.15, 0.2) is 0 Å². The van der Waals surface area contributed by atoms with Crippen LogP contribution in [0.2, 0.25) is 0 Å². The predicted octanol–water partition coefficient (Wildman–Crippen LogP) is 1.52. The molecule has 0 unspecified atom stereocenters. The molecule has 0 heterocycles. The van der Waals surface area contributed by atoms with E-state index in [2.05, 4.69) is 29.6 Å². The Morgan fingerprint density at radius 2 is 2.07 bits per heavy atom. The lowest BCUT2D eigenvalue weighted by molar-refractivity contribution is 0.151. The fourth-order valence-electron chi connectivity index (χ4n) is 1.87. The minimum atomic E-state index is -0.373. The van der Waals surface area contributed by atoms with Crippen molar-refractivity contribution in [3.8, 4) is 0 Å². The van der Waals surface area contributed by atoms with Gasteiger partial charge in [-0.15, -0.1) is 0 Å². The monoisotopic (exact) mass is 205 g/mol. The van der Waals surface area contributed by atoms with Gasteiger partial charge in [0.25, 0.3) is 0 Å².